The summed E-state index contributed by atoms with van der Waals surface area (Å²) in [7, 11) is -2.22. The number of benzene rings is 2. The number of hydrogen-bond acceptors (Lipinski definition) is 3. The summed E-state index contributed by atoms with van der Waals surface area (Å²) >= 11 is 0. The highest BCUT2D eigenvalue weighted by Gasteiger charge is 2.14. The van der Waals surface area contributed by atoms with Crippen molar-refractivity contribution in [3.8, 4) is 0 Å². The van der Waals surface area contributed by atoms with E-state index in [1.165, 1.54) is 19.2 Å². The minimum atomic E-state index is -3.56. The van der Waals surface area contributed by atoms with Gasteiger partial charge in [0.25, 0.3) is 5.91 Å². The first-order valence-electron chi connectivity index (χ1n) is 6.80. The van der Waals surface area contributed by atoms with Gasteiger partial charge in [0.2, 0.25) is 10.0 Å². The van der Waals surface area contributed by atoms with Crippen molar-refractivity contribution in [2.45, 2.75) is 18.4 Å². The van der Waals surface area contributed by atoms with Crippen molar-refractivity contribution >= 4 is 15.9 Å². The van der Waals surface area contributed by atoms with Crippen molar-refractivity contribution in [1.82, 2.24) is 10.0 Å². The van der Waals surface area contributed by atoms with Crippen molar-refractivity contribution in [2.75, 3.05) is 7.05 Å². The van der Waals surface area contributed by atoms with E-state index in [0.29, 0.717) is 12.1 Å². The summed E-state index contributed by atoms with van der Waals surface area (Å²) < 4.78 is 25.7. The predicted molar refractivity (Wildman–Crippen MR) is 85.0 cm³/mol. The van der Waals surface area contributed by atoms with Crippen molar-refractivity contribution in [2.24, 2.45) is 0 Å². The number of sulfonamides is 1. The van der Waals surface area contributed by atoms with E-state index in [0.717, 1.165) is 11.1 Å². The monoisotopic (exact) mass is 318 g/mol. The molecule has 0 fully saturated rings. The molecular formula is C16H18N2O3S. The third kappa shape index (κ3) is 3.72. The first-order chi connectivity index (χ1) is 10.4. The van der Waals surface area contributed by atoms with Crippen molar-refractivity contribution in [1.29, 1.82) is 0 Å². The van der Waals surface area contributed by atoms with Crippen LogP contribution < -0.4 is 10.0 Å². The summed E-state index contributed by atoms with van der Waals surface area (Å²) in [4.78, 5) is 12.2. The summed E-state index contributed by atoms with van der Waals surface area (Å²) in [6, 6.07) is 13.7. The van der Waals surface area contributed by atoms with Gasteiger partial charge < -0.3 is 5.32 Å². The highest BCUT2D eigenvalue weighted by molar-refractivity contribution is 7.89. The van der Waals surface area contributed by atoms with E-state index in [4.69, 9.17) is 0 Å². The van der Waals surface area contributed by atoms with Crippen LogP contribution in [0.25, 0.3) is 0 Å². The fourth-order valence-corrected chi connectivity index (χ4v) is 2.78. The van der Waals surface area contributed by atoms with Gasteiger partial charge in [-0.05, 0) is 43.3 Å². The van der Waals surface area contributed by atoms with Crippen molar-refractivity contribution in [3.63, 3.8) is 0 Å². The smallest absolute Gasteiger partial charge is 0.251 e. The molecule has 0 heterocycles. The zero-order chi connectivity index (χ0) is 16.2. The van der Waals surface area contributed by atoms with Gasteiger partial charge in [-0.1, -0.05) is 30.3 Å². The lowest BCUT2D eigenvalue weighted by molar-refractivity contribution is 0.0950. The van der Waals surface area contributed by atoms with Crippen LogP contribution in [0.5, 0.6) is 0 Å². The van der Waals surface area contributed by atoms with E-state index in [-0.39, 0.29) is 10.8 Å². The molecule has 0 saturated carbocycles. The molecule has 0 aliphatic carbocycles. The normalized spacial score (nSPS) is 11.2. The Balaban J connectivity index is 2.14. The molecule has 0 atom stereocenters. The fraction of sp³-hybridized carbons (Fsp3) is 0.188. The SMILES string of the molecule is CNS(=O)(=O)c1cccc(C(=O)NCc2ccccc2C)c1. The topological polar surface area (TPSA) is 75.3 Å². The molecular weight excluding hydrogens is 300 g/mol. The standard InChI is InChI=1S/C16H18N2O3S/c1-12-6-3-4-7-14(12)11-18-16(19)13-8-5-9-15(10-13)22(20,21)17-2/h3-10,17H,11H2,1-2H3,(H,18,19). The first-order valence-corrected chi connectivity index (χ1v) is 8.28. The Morgan fingerprint density at radius 2 is 1.82 bits per heavy atom. The molecule has 0 radical (unpaired) electrons. The molecule has 2 N–H and O–H groups in total. The zero-order valence-corrected chi connectivity index (χ0v) is 13.3. The lowest BCUT2D eigenvalue weighted by atomic mass is 10.1. The number of aryl methyl sites for hydroxylation is 1. The van der Waals surface area contributed by atoms with Crippen molar-refractivity contribution < 1.29 is 13.2 Å². The summed E-state index contributed by atoms with van der Waals surface area (Å²) in [5.74, 6) is -0.309. The minimum Gasteiger partial charge on any atom is -0.348 e. The largest absolute Gasteiger partial charge is 0.348 e. The molecule has 0 saturated heterocycles. The highest BCUT2D eigenvalue weighted by Crippen LogP contribution is 2.12. The number of hydrogen-bond donors (Lipinski definition) is 2. The quantitative estimate of drug-likeness (QED) is 0.883. The molecule has 116 valence electrons. The predicted octanol–water partition coefficient (Wildman–Crippen LogP) is 1.83. The second-order valence-corrected chi connectivity index (χ2v) is 6.73. The van der Waals surface area contributed by atoms with E-state index in [1.54, 1.807) is 12.1 Å². The molecule has 0 aliphatic rings. The molecule has 0 aromatic heterocycles. The maximum Gasteiger partial charge on any atom is 0.251 e. The third-order valence-corrected chi connectivity index (χ3v) is 4.79. The van der Waals surface area contributed by atoms with Gasteiger partial charge in [0.05, 0.1) is 4.90 Å². The summed E-state index contributed by atoms with van der Waals surface area (Å²) in [5, 5.41) is 2.80. The molecule has 0 spiro atoms. The number of nitrogens with one attached hydrogen (secondary N) is 2. The van der Waals surface area contributed by atoms with E-state index < -0.39 is 10.0 Å². The van der Waals surface area contributed by atoms with E-state index >= 15 is 0 Å². The van der Waals surface area contributed by atoms with Crippen molar-refractivity contribution in [3.05, 3.63) is 65.2 Å². The molecule has 0 unspecified atom stereocenters. The second kappa shape index (κ2) is 6.72. The van der Waals surface area contributed by atoms with Crippen LogP contribution in [0.15, 0.2) is 53.4 Å². The Morgan fingerprint density at radius 3 is 2.50 bits per heavy atom. The van der Waals surface area contributed by atoms with E-state index in [9.17, 15) is 13.2 Å². The summed E-state index contributed by atoms with van der Waals surface area (Å²) in [5.41, 5.74) is 2.43. The van der Waals surface area contributed by atoms with Crippen LogP contribution >= 0.6 is 0 Å². The molecule has 22 heavy (non-hydrogen) atoms. The van der Waals surface area contributed by atoms with Crippen LogP contribution in [-0.2, 0) is 16.6 Å². The van der Waals surface area contributed by atoms with Gasteiger partial charge in [-0.25, -0.2) is 13.1 Å². The van der Waals surface area contributed by atoms with Crippen LogP contribution in [-0.4, -0.2) is 21.4 Å². The number of carbonyl (C=O) groups excluding carboxylic acids is 1. The Morgan fingerprint density at radius 1 is 1.09 bits per heavy atom. The summed E-state index contributed by atoms with van der Waals surface area (Å²) in [6.07, 6.45) is 0. The Labute approximate surface area is 130 Å². The lowest BCUT2D eigenvalue weighted by Gasteiger charge is -2.09. The number of carbonyl (C=O) groups is 1. The van der Waals surface area contributed by atoms with Crippen LogP contribution in [0, 0.1) is 6.92 Å². The maximum atomic E-state index is 12.2. The van der Waals surface area contributed by atoms with Crippen LogP contribution in [0.3, 0.4) is 0 Å². The van der Waals surface area contributed by atoms with E-state index in [2.05, 4.69) is 10.0 Å². The average molecular weight is 318 g/mol. The van der Waals surface area contributed by atoms with Gasteiger partial charge in [0.1, 0.15) is 0 Å². The molecule has 1 amide bonds. The molecule has 6 heteroatoms. The van der Waals surface area contributed by atoms with Gasteiger partial charge >= 0.3 is 0 Å². The van der Waals surface area contributed by atoms with E-state index in [1.807, 2.05) is 31.2 Å². The Kier molecular flexibility index (Phi) is 4.95. The maximum absolute atomic E-state index is 12.2. The molecule has 0 bridgehead atoms. The van der Waals surface area contributed by atoms with Gasteiger partial charge in [0, 0.05) is 12.1 Å². The average Bonchev–Trinajstić information content (AvgIpc) is 2.54. The van der Waals surface area contributed by atoms with Gasteiger partial charge in [-0.15, -0.1) is 0 Å². The van der Waals surface area contributed by atoms with Crippen LogP contribution in [0.2, 0.25) is 0 Å². The third-order valence-electron chi connectivity index (χ3n) is 3.38. The Hall–Kier alpha value is -2.18. The van der Waals surface area contributed by atoms with Gasteiger partial charge in [-0.2, -0.15) is 0 Å². The molecule has 0 aliphatic heterocycles. The molecule has 2 aromatic carbocycles. The van der Waals surface area contributed by atoms with Gasteiger partial charge in [-0.3, -0.25) is 4.79 Å². The minimum absolute atomic E-state index is 0.0681. The molecule has 2 aromatic rings. The highest BCUT2D eigenvalue weighted by atomic mass is 32.2. The van der Waals surface area contributed by atoms with Crippen LogP contribution in [0.1, 0.15) is 21.5 Å². The second-order valence-electron chi connectivity index (χ2n) is 4.84. The first kappa shape index (κ1) is 16.2. The Bertz CT molecular complexity index is 785. The van der Waals surface area contributed by atoms with Crippen LogP contribution in [0.4, 0.5) is 0 Å². The number of amides is 1. The molecule has 5 nitrogen and oxygen atoms in total. The number of rotatable bonds is 5. The zero-order valence-electron chi connectivity index (χ0n) is 12.5. The lowest BCUT2D eigenvalue weighted by Crippen LogP contribution is -2.24. The fourth-order valence-electron chi connectivity index (χ4n) is 2.01. The van der Waals surface area contributed by atoms with Gasteiger partial charge in [0.15, 0.2) is 0 Å². The molecule has 2 rings (SSSR count). The summed E-state index contributed by atoms with van der Waals surface area (Å²) in [6.45, 7) is 2.37.